The number of rotatable bonds is 10. The lowest BCUT2D eigenvalue weighted by Crippen LogP contribution is -2.42. The van der Waals surface area contributed by atoms with E-state index < -0.39 is 0 Å². The van der Waals surface area contributed by atoms with Crippen LogP contribution in [0.3, 0.4) is 0 Å². The number of hydrogen-bond acceptors (Lipinski definition) is 2. The number of benzene rings is 4. The van der Waals surface area contributed by atoms with Crippen LogP contribution in [-0.2, 0) is 52.4 Å². The zero-order valence-electron chi connectivity index (χ0n) is 35.0. The number of amidine groups is 2. The van der Waals surface area contributed by atoms with Crippen LogP contribution < -0.4 is 18.9 Å². The lowest BCUT2D eigenvalue weighted by atomic mass is 9.95. The second-order valence-electron chi connectivity index (χ2n) is 16.2. The van der Waals surface area contributed by atoms with E-state index in [0.29, 0.717) is 0 Å². The molecule has 0 aliphatic carbocycles. The van der Waals surface area contributed by atoms with Crippen LogP contribution in [0.2, 0.25) is 0 Å². The predicted octanol–water partition coefficient (Wildman–Crippen LogP) is 9.39. The van der Waals surface area contributed by atoms with Crippen LogP contribution >= 0.6 is 0 Å². The third-order valence-corrected chi connectivity index (χ3v) is 12.7. The Labute approximate surface area is 339 Å². The maximum absolute atomic E-state index is 5.04. The fraction of sp³-hybridized carbons (Fsp3) is 0.294. The molecule has 6 heteroatoms. The first kappa shape index (κ1) is 38.0. The number of aromatic nitrogens is 2. The van der Waals surface area contributed by atoms with Gasteiger partial charge in [-0.2, -0.15) is 4.57 Å². The summed E-state index contributed by atoms with van der Waals surface area (Å²) in [5, 5.41) is 10.1. The molecule has 288 valence electrons. The summed E-state index contributed by atoms with van der Waals surface area (Å²) in [4.78, 5) is 4.70. The highest BCUT2D eigenvalue weighted by Gasteiger charge is 2.29. The molecule has 0 atom stereocenters. The van der Waals surface area contributed by atoms with E-state index in [0.717, 1.165) is 57.0 Å². The van der Waals surface area contributed by atoms with E-state index in [2.05, 4.69) is 184 Å². The van der Waals surface area contributed by atoms with Gasteiger partial charge in [-0.1, -0.05) is 91.9 Å². The minimum absolute atomic E-state index is 0.740. The summed E-state index contributed by atoms with van der Waals surface area (Å²) in [6.07, 6.45) is 3.54. The molecule has 2 aromatic heterocycles. The zero-order valence-corrected chi connectivity index (χ0v) is 35.0. The molecule has 0 fully saturated rings. The van der Waals surface area contributed by atoms with Gasteiger partial charge in [0.1, 0.15) is 18.7 Å². The summed E-state index contributed by atoms with van der Waals surface area (Å²) < 4.78 is 4.75. The van der Waals surface area contributed by atoms with Crippen LogP contribution in [0.1, 0.15) is 85.3 Å². The first-order valence-corrected chi connectivity index (χ1v) is 20.5. The van der Waals surface area contributed by atoms with Crippen molar-refractivity contribution in [1.82, 2.24) is 0 Å². The Morgan fingerprint density at radius 3 is 1.53 bits per heavy atom. The monoisotopic (exact) mass is 752 g/mol. The van der Waals surface area contributed by atoms with Gasteiger partial charge in [-0.25, -0.2) is 4.57 Å². The average molecular weight is 753 g/mol. The average Bonchev–Trinajstić information content (AvgIpc) is 3.76. The van der Waals surface area contributed by atoms with Crippen molar-refractivity contribution in [3.05, 3.63) is 188 Å². The molecule has 0 radical (unpaired) electrons. The topological polar surface area (TPSA) is 39.0 Å². The summed E-state index contributed by atoms with van der Waals surface area (Å²) in [5.41, 5.74) is 21.0. The van der Waals surface area contributed by atoms with Gasteiger partial charge in [-0.05, 0) is 77.8 Å². The number of pyridine rings is 2. The Kier molecular flexibility index (Phi) is 10.6. The Balaban J connectivity index is 1.01. The fourth-order valence-corrected chi connectivity index (χ4v) is 8.64. The predicted molar refractivity (Wildman–Crippen MR) is 234 cm³/mol. The Hall–Kier alpha value is -5.88. The number of aryl methyl sites for hydroxylation is 3. The summed E-state index contributed by atoms with van der Waals surface area (Å²) >= 11 is 0. The second-order valence-corrected chi connectivity index (χ2v) is 16.2. The normalized spacial score (nSPS) is 14.9. The lowest BCUT2D eigenvalue weighted by Gasteiger charge is -2.21. The van der Waals surface area contributed by atoms with Crippen molar-refractivity contribution in [2.75, 3.05) is 9.80 Å². The Morgan fingerprint density at radius 2 is 1.00 bits per heavy atom. The molecule has 57 heavy (non-hydrogen) atoms. The van der Waals surface area contributed by atoms with Crippen LogP contribution in [0.25, 0.3) is 0 Å². The molecule has 6 nitrogen and oxygen atoms in total. The summed E-state index contributed by atoms with van der Waals surface area (Å²) in [5.74, 6) is 1.97. The van der Waals surface area contributed by atoms with Crippen molar-refractivity contribution in [2.45, 2.75) is 93.8 Å². The zero-order chi connectivity index (χ0) is 39.8. The van der Waals surface area contributed by atoms with E-state index in [1.54, 1.807) is 0 Å². The van der Waals surface area contributed by atoms with Gasteiger partial charge in [-0.3, -0.25) is 0 Å². The summed E-state index contributed by atoms with van der Waals surface area (Å²) in [6.45, 7) is 18.1. The largest absolute Gasteiger partial charge is 0.323 e. The van der Waals surface area contributed by atoms with Crippen LogP contribution in [0.15, 0.2) is 119 Å². The fourth-order valence-electron chi connectivity index (χ4n) is 8.64. The van der Waals surface area contributed by atoms with Crippen molar-refractivity contribution in [2.24, 2.45) is 17.3 Å². The minimum Gasteiger partial charge on any atom is -0.323 e. The van der Waals surface area contributed by atoms with Crippen molar-refractivity contribution >= 4 is 23.0 Å². The molecular weight excluding hydrogens is 697 g/mol. The highest BCUT2D eigenvalue weighted by molar-refractivity contribution is 6.07. The van der Waals surface area contributed by atoms with E-state index >= 15 is 0 Å². The van der Waals surface area contributed by atoms with Gasteiger partial charge in [0.05, 0.1) is 0 Å². The number of anilines is 2. The van der Waals surface area contributed by atoms with Gasteiger partial charge < -0.3 is 9.80 Å². The van der Waals surface area contributed by atoms with Crippen LogP contribution in [0.5, 0.6) is 0 Å². The molecule has 8 rings (SSSR count). The molecule has 0 spiro atoms. The first-order chi connectivity index (χ1) is 27.6. The number of fused-ring (bicyclic) bond motifs is 2. The third-order valence-electron chi connectivity index (χ3n) is 12.7. The third kappa shape index (κ3) is 7.66. The molecule has 2 aliphatic heterocycles. The second kappa shape index (κ2) is 15.9. The maximum Gasteiger partial charge on any atom is 0.181 e. The van der Waals surface area contributed by atoms with Gasteiger partial charge in [0.15, 0.2) is 29.3 Å². The molecular formula is C51H56N6+2. The van der Waals surface area contributed by atoms with Gasteiger partial charge in [0, 0.05) is 93.8 Å². The van der Waals surface area contributed by atoms with E-state index in [1.165, 1.54) is 89.8 Å². The van der Waals surface area contributed by atoms with E-state index in [-0.39, 0.29) is 0 Å². The molecule has 4 aromatic carbocycles. The highest BCUT2D eigenvalue weighted by atomic mass is 15.4. The molecule has 0 saturated carbocycles. The van der Waals surface area contributed by atoms with Crippen molar-refractivity contribution < 1.29 is 9.13 Å². The molecule has 0 amide bonds. The standard InChI is InChI=1S/C51H56N6/c1-9-40-18-20-42(21-19-40)32-56-48-16-12-10-14-44(48)29-50(56)52-53-51-30-45-15-11-13-17-49(45)57(51)33-43-24-22-41(23-25-43)31-55-35(3)27-47(37(5)39(55)7)28-46-26-34(2)54(8)38(6)36(46)4/h10-27H,9,28-33H2,1-8H3/q+2/b52-50+,53-51+. The van der Waals surface area contributed by atoms with Gasteiger partial charge >= 0.3 is 0 Å². The molecule has 6 aromatic rings. The lowest BCUT2D eigenvalue weighted by molar-refractivity contribution is -0.700. The molecule has 0 unspecified atom stereocenters. The van der Waals surface area contributed by atoms with E-state index in [1.807, 2.05) is 0 Å². The van der Waals surface area contributed by atoms with Crippen LogP contribution in [0.4, 0.5) is 11.4 Å². The first-order valence-electron chi connectivity index (χ1n) is 20.5. The molecule has 0 N–H and O–H groups in total. The number of nitrogens with zero attached hydrogens (tertiary/aromatic N) is 6. The number of para-hydroxylation sites is 2. The highest BCUT2D eigenvalue weighted by Crippen LogP contribution is 2.33. The summed E-state index contributed by atoms with van der Waals surface area (Å²) in [7, 11) is 2.16. The van der Waals surface area contributed by atoms with Crippen molar-refractivity contribution in [3.63, 3.8) is 0 Å². The van der Waals surface area contributed by atoms with Crippen LogP contribution in [0, 0.1) is 41.5 Å². The molecule has 2 aliphatic rings. The van der Waals surface area contributed by atoms with Gasteiger partial charge in [0.25, 0.3) is 0 Å². The quantitative estimate of drug-likeness (QED) is 0.103. The summed E-state index contributed by atoms with van der Waals surface area (Å²) in [6, 6.07) is 40.2. The smallest absolute Gasteiger partial charge is 0.181 e. The Bertz CT molecular complexity index is 2530. The molecule has 0 saturated heterocycles. The van der Waals surface area contributed by atoms with Crippen molar-refractivity contribution in [1.29, 1.82) is 0 Å². The number of hydrogen-bond donors (Lipinski definition) is 0. The van der Waals surface area contributed by atoms with Crippen LogP contribution in [-0.4, -0.2) is 11.7 Å². The SMILES string of the molecule is CCc1ccc(CN2/C(=N/N=C3\Cc4ccccc4N3Cc3ccc(C[n+]4c(C)cc(Cc5cc(C)[n+](C)c(C)c5C)c(C)c4C)cc3)Cc3ccccc32)cc1. The maximum atomic E-state index is 5.04. The molecule has 0 bridgehead atoms. The minimum atomic E-state index is 0.740. The van der Waals surface area contributed by atoms with E-state index in [9.17, 15) is 0 Å². The Morgan fingerprint density at radius 1 is 0.544 bits per heavy atom. The van der Waals surface area contributed by atoms with Gasteiger partial charge in [0.2, 0.25) is 0 Å². The van der Waals surface area contributed by atoms with E-state index in [4.69, 9.17) is 10.2 Å². The van der Waals surface area contributed by atoms with Gasteiger partial charge in [-0.15, -0.1) is 10.2 Å². The van der Waals surface area contributed by atoms with Crippen molar-refractivity contribution in [3.8, 4) is 0 Å². The molecule has 4 heterocycles.